The summed E-state index contributed by atoms with van der Waals surface area (Å²) in [5, 5.41) is 4.00. The molecule has 0 aliphatic carbocycles. The Balaban J connectivity index is 1.52. The number of nitrogens with one attached hydrogen (secondary N) is 1. The van der Waals surface area contributed by atoms with Crippen molar-refractivity contribution in [1.82, 2.24) is 10.4 Å². The van der Waals surface area contributed by atoms with E-state index in [9.17, 15) is 4.79 Å². The zero-order valence-electron chi connectivity index (χ0n) is 13.9. The number of thioether (sulfide) groups is 1. The summed E-state index contributed by atoms with van der Waals surface area (Å²) >= 11 is 2.98. The van der Waals surface area contributed by atoms with Crippen LogP contribution < -0.4 is 10.2 Å². The van der Waals surface area contributed by atoms with E-state index in [1.807, 2.05) is 48.5 Å². The average Bonchev–Trinajstić information content (AvgIpc) is 3.08. The number of thiazole rings is 1. The van der Waals surface area contributed by atoms with Gasteiger partial charge in [-0.05, 0) is 24.3 Å². The number of carbonyl (C=O) groups excluding carboxylic acids is 1. The summed E-state index contributed by atoms with van der Waals surface area (Å²) in [5.74, 6) is 0.760. The molecule has 0 spiro atoms. The number of rotatable bonds is 8. The van der Waals surface area contributed by atoms with Gasteiger partial charge in [0, 0.05) is 5.56 Å². The fourth-order valence-corrected chi connectivity index (χ4v) is 3.97. The van der Waals surface area contributed by atoms with Gasteiger partial charge in [-0.1, -0.05) is 48.7 Å². The van der Waals surface area contributed by atoms with Crippen molar-refractivity contribution >= 4 is 45.4 Å². The van der Waals surface area contributed by atoms with E-state index in [2.05, 4.69) is 22.1 Å². The van der Waals surface area contributed by atoms with E-state index < -0.39 is 0 Å². The molecule has 0 bridgehead atoms. The van der Waals surface area contributed by atoms with E-state index in [4.69, 9.17) is 4.74 Å². The molecule has 0 atom stereocenters. The minimum Gasteiger partial charge on any atom is -0.489 e. The second kappa shape index (κ2) is 9.17. The number of benzene rings is 2. The predicted octanol–water partition coefficient (Wildman–Crippen LogP) is 4.10. The maximum absolute atomic E-state index is 12.0. The Hall–Kier alpha value is -2.64. The fraction of sp³-hybridized carbons (Fsp3) is 0.105. The smallest absolute Gasteiger partial charge is 0.250 e. The van der Waals surface area contributed by atoms with Crippen LogP contribution in [0, 0.1) is 0 Å². The highest BCUT2D eigenvalue weighted by Gasteiger charge is 2.07. The number of hydrogen-bond acceptors (Lipinski definition) is 6. The second-order valence-corrected chi connectivity index (χ2v) is 7.42. The van der Waals surface area contributed by atoms with Crippen LogP contribution in [0.5, 0.6) is 5.75 Å². The zero-order chi connectivity index (χ0) is 18.2. The van der Waals surface area contributed by atoms with Gasteiger partial charge in [0.1, 0.15) is 12.4 Å². The highest BCUT2D eigenvalue weighted by atomic mass is 32.2. The lowest BCUT2D eigenvalue weighted by atomic mass is 10.2. The molecular weight excluding hydrogens is 366 g/mol. The van der Waals surface area contributed by atoms with Crippen LogP contribution in [0.25, 0.3) is 10.2 Å². The Bertz CT molecular complexity index is 904. The molecule has 132 valence electrons. The lowest BCUT2D eigenvalue weighted by molar-refractivity contribution is -0.118. The minimum absolute atomic E-state index is 0.185. The molecule has 1 amide bonds. The first-order chi connectivity index (χ1) is 12.8. The Kier molecular flexibility index (Phi) is 6.40. The van der Waals surface area contributed by atoms with Gasteiger partial charge in [0.25, 0.3) is 5.91 Å². The van der Waals surface area contributed by atoms with E-state index >= 15 is 0 Å². The molecule has 0 unspecified atom stereocenters. The van der Waals surface area contributed by atoms with E-state index in [0.717, 1.165) is 20.1 Å². The van der Waals surface area contributed by atoms with Crippen molar-refractivity contribution in [1.29, 1.82) is 0 Å². The number of hydrogen-bond donors (Lipinski definition) is 1. The molecule has 1 N–H and O–H groups in total. The molecule has 3 rings (SSSR count). The van der Waals surface area contributed by atoms with Crippen LogP contribution in [0.3, 0.4) is 0 Å². The maximum Gasteiger partial charge on any atom is 0.250 e. The van der Waals surface area contributed by atoms with Gasteiger partial charge in [-0.3, -0.25) is 4.79 Å². The molecule has 5 nitrogen and oxygen atoms in total. The highest BCUT2D eigenvalue weighted by Crippen LogP contribution is 2.29. The monoisotopic (exact) mass is 383 g/mol. The minimum atomic E-state index is -0.185. The number of para-hydroxylation sites is 2. The quantitative estimate of drug-likeness (QED) is 0.275. The molecule has 0 saturated carbocycles. The van der Waals surface area contributed by atoms with Gasteiger partial charge in [0.15, 0.2) is 4.34 Å². The molecule has 26 heavy (non-hydrogen) atoms. The van der Waals surface area contributed by atoms with Crippen LogP contribution in [0.2, 0.25) is 0 Å². The molecule has 0 saturated heterocycles. The van der Waals surface area contributed by atoms with Gasteiger partial charge in [-0.2, -0.15) is 5.10 Å². The number of hydrazone groups is 1. The van der Waals surface area contributed by atoms with Crippen molar-refractivity contribution in [3.63, 3.8) is 0 Å². The Labute approximate surface area is 159 Å². The second-order valence-electron chi connectivity index (χ2n) is 5.17. The number of amides is 1. The molecule has 7 heteroatoms. The van der Waals surface area contributed by atoms with E-state index in [1.54, 1.807) is 23.6 Å². The highest BCUT2D eigenvalue weighted by molar-refractivity contribution is 8.01. The Morgan fingerprint density at radius 1 is 1.27 bits per heavy atom. The van der Waals surface area contributed by atoms with Crippen molar-refractivity contribution in [2.45, 2.75) is 4.34 Å². The molecule has 0 aliphatic rings. The molecule has 1 heterocycles. The van der Waals surface area contributed by atoms with Gasteiger partial charge in [-0.15, -0.1) is 11.3 Å². The van der Waals surface area contributed by atoms with Gasteiger partial charge in [0.05, 0.1) is 22.2 Å². The first kappa shape index (κ1) is 18.2. The average molecular weight is 383 g/mol. The fourth-order valence-electron chi connectivity index (χ4n) is 2.11. The summed E-state index contributed by atoms with van der Waals surface area (Å²) < 4.78 is 7.53. The van der Waals surface area contributed by atoms with Crippen LogP contribution >= 0.6 is 23.1 Å². The normalized spacial score (nSPS) is 10.9. The number of ether oxygens (including phenoxy) is 1. The molecular formula is C19H17N3O2S2. The van der Waals surface area contributed by atoms with Crippen molar-refractivity contribution in [3.8, 4) is 5.75 Å². The molecule has 1 aromatic heterocycles. The number of aromatic nitrogens is 1. The summed E-state index contributed by atoms with van der Waals surface area (Å²) in [6.45, 7) is 4.04. The number of carbonyl (C=O) groups is 1. The topological polar surface area (TPSA) is 63.6 Å². The maximum atomic E-state index is 12.0. The molecule has 3 aromatic rings. The van der Waals surface area contributed by atoms with Gasteiger partial charge >= 0.3 is 0 Å². The summed E-state index contributed by atoms with van der Waals surface area (Å²) in [6, 6.07) is 15.4. The summed E-state index contributed by atoms with van der Waals surface area (Å²) in [4.78, 5) is 16.5. The predicted molar refractivity (Wildman–Crippen MR) is 108 cm³/mol. The standard InChI is InChI=1S/C19H17N3O2S2/c1-2-11-24-16-9-5-3-7-14(16)12-20-22-18(23)13-25-19-21-15-8-4-6-10-17(15)26-19/h2-10,12H,1,11,13H2,(H,22,23). The Morgan fingerprint density at radius 3 is 2.92 bits per heavy atom. The third-order valence-electron chi connectivity index (χ3n) is 3.27. The van der Waals surface area contributed by atoms with Gasteiger partial charge < -0.3 is 4.74 Å². The van der Waals surface area contributed by atoms with Crippen LogP contribution in [-0.2, 0) is 4.79 Å². The Morgan fingerprint density at radius 2 is 2.08 bits per heavy atom. The van der Waals surface area contributed by atoms with Gasteiger partial charge in [-0.25, -0.2) is 10.4 Å². The molecule has 0 aliphatic heterocycles. The molecule has 0 fully saturated rings. The number of fused-ring (bicyclic) bond motifs is 1. The lowest BCUT2D eigenvalue weighted by Crippen LogP contribution is -2.19. The molecule has 0 radical (unpaired) electrons. The lowest BCUT2D eigenvalue weighted by Gasteiger charge is -2.06. The van der Waals surface area contributed by atoms with Crippen molar-refractivity contribution < 1.29 is 9.53 Å². The summed E-state index contributed by atoms with van der Waals surface area (Å²) in [7, 11) is 0. The summed E-state index contributed by atoms with van der Waals surface area (Å²) in [5.41, 5.74) is 4.27. The first-order valence-corrected chi connectivity index (χ1v) is 9.69. The van der Waals surface area contributed by atoms with Crippen LogP contribution in [0.1, 0.15) is 5.56 Å². The van der Waals surface area contributed by atoms with Crippen molar-refractivity contribution in [2.75, 3.05) is 12.4 Å². The number of nitrogens with zero attached hydrogens (tertiary/aromatic N) is 2. The SMILES string of the molecule is C=CCOc1ccccc1C=NNC(=O)CSc1nc2ccccc2s1. The third kappa shape index (κ3) is 4.93. The van der Waals surface area contributed by atoms with Gasteiger partial charge in [0.2, 0.25) is 0 Å². The zero-order valence-corrected chi connectivity index (χ0v) is 15.6. The van der Waals surface area contributed by atoms with E-state index in [0.29, 0.717) is 12.4 Å². The largest absolute Gasteiger partial charge is 0.489 e. The van der Waals surface area contributed by atoms with Crippen molar-refractivity contribution in [2.24, 2.45) is 5.10 Å². The summed E-state index contributed by atoms with van der Waals surface area (Å²) in [6.07, 6.45) is 3.24. The van der Waals surface area contributed by atoms with Crippen LogP contribution in [0.15, 0.2) is 70.6 Å². The van der Waals surface area contributed by atoms with Crippen LogP contribution in [0.4, 0.5) is 0 Å². The van der Waals surface area contributed by atoms with E-state index in [-0.39, 0.29) is 11.7 Å². The molecule has 2 aromatic carbocycles. The van der Waals surface area contributed by atoms with Crippen LogP contribution in [-0.4, -0.2) is 29.5 Å². The first-order valence-electron chi connectivity index (χ1n) is 7.89. The van der Waals surface area contributed by atoms with E-state index in [1.165, 1.54) is 11.8 Å². The van der Waals surface area contributed by atoms with Crippen molar-refractivity contribution in [3.05, 3.63) is 66.7 Å². The third-order valence-corrected chi connectivity index (χ3v) is 5.45.